The monoisotopic (exact) mass is 395 g/mol. The fourth-order valence-electron chi connectivity index (χ4n) is 1.84. The first-order chi connectivity index (χ1) is 8.90. The number of carboxylic acid groups (broad SMARTS) is 1. The van der Waals surface area contributed by atoms with E-state index in [9.17, 15) is 13.2 Å². The highest BCUT2D eigenvalue weighted by Crippen LogP contribution is 2.26. The second-order valence-electron chi connectivity index (χ2n) is 4.60. The Morgan fingerprint density at radius 3 is 2.63 bits per heavy atom. The summed E-state index contributed by atoms with van der Waals surface area (Å²) in [5.74, 6) is -0.710. The van der Waals surface area contributed by atoms with E-state index >= 15 is 0 Å². The highest BCUT2D eigenvalue weighted by Gasteiger charge is 2.22. The Morgan fingerprint density at radius 1 is 1.42 bits per heavy atom. The SMILES string of the molecule is O=C(O)c1cc(S(=O)(=O)NCC2CCC2)ccc1I. The third-order valence-electron chi connectivity index (χ3n) is 3.27. The van der Waals surface area contributed by atoms with Crippen molar-refractivity contribution in [3.05, 3.63) is 27.3 Å². The maximum Gasteiger partial charge on any atom is 0.336 e. The molecule has 5 nitrogen and oxygen atoms in total. The molecule has 19 heavy (non-hydrogen) atoms. The molecule has 1 aromatic carbocycles. The standard InChI is InChI=1S/C12H14INO4S/c13-11-5-4-9(6-10(11)12(15)16)19(17,18)14-7-8-2-1-3-8/h4-6,8,14H,1-3,7H2,(H,15,16). The topological polar surface area (TPSA) is 83.5 Å². The van der Waals surface area contributed by atoms with Gasteiger partial charge in [0.05, 0.1) is 10.5 Å². The molecule has 0 radical (unpaired) electrons. The van der Waals surface area contributed by atoms with Crippen LogP contribution in [0.1, 0.15) is 29.6 Å². The van der Waals surface area contributed by atoms with Crippen LogP contribution in [-0.2, 0) is 10.0 Å². The summed E-state index contributed by atoms with van der Waals surface area (Å²) in [6.07, 6.45) is 3.25. The van der Waals surface area contributed by atoms with Crippen LogP contribution in [0.3, 0.4) is 0 Å². The predicted octanol–water partition coefficient (Wildman–Crippen LogP) is 2.07. The molecule has 0 saturated heterocycles. The van der Waals surface area contributed by atoms with E-state index in [2.05, 4.69) is 4.72 Å². The highest BCUT2D eigenvalue weighted by molar-refractivity contribution is 14.1. The lowest BCUT2D eigenvalue weighted by Crippen LogP contribution is -2.32. The van der Waals surface area contributed by atoms with E-state index in [1.807, 2.05) is 22.6 Å². The molecule has 2 N–H and O–H groups in total. The Bertz CT molecular complexity index is 596. The molecule has 1 fully saturated rings. The Hall–Kier alpha value is -0.670. The van der Waals surface area contributed by atoms with Gasteiger partial charge >= 0.3 is 5.97 Å². The second-order valence-corrected chi connectivity index (χ2v) is 7.52. The van der Waals surface area contributed by atoms with E-state index in [1.54, 1.807) is 0 Å². The van der Waals surface area contributed by atoms with Crippen LogP contribution in [0, 0.1) is 9.49 Å². The number of rotatable bonds is 5. The first-order valence-corrected chi connectivity index (χ1v) is 8.49. The summed E-state index contributed by atoms with van der Waals surface area (Å²) >= 11 is 1.87. The van der Waals surface area contributed by atoms with Gasteiger partial charge in [-0.25, -0.2) is 17.9 Å². The number of hydrogen-bond donors (Lipinski definition) is 2. The quantitative estimate of drug-likeness (QED) is 0.748. The van der Waals surface area contributed by atoms with E-state index in [0.29, 0.717) is 16.0 Å². The van der Waals surface area contributed by atoms with Gasteiger partial charge in [0.15, 0.2) is 0 Å². The molecule has 0 heterocycles. The van der Waals surface area contributed by atoms with Crippen LogP contribution in [0.15, 0.2) is 23.1 Å². The zero-order valence-corrected chi connectivity index (χ0v) is 13.1. The average molecular weight is 395 g/mol. The largest absolute Gasteiger partial charge is 0.478 e. The van der Waals surface area contributed by atoms with Gasteiger partial charge in [0.25, 0.3) is 0 Å². The van der Waals surface area contributed by atoms with Crippen LogP contribution in [0.2, 0.25) is 0 Å². The van der Waals surface area contributed by atoms with Gasteiger partial charge in [-0.3, -0.25) is 0 Å². The van der Waals surface area contributed by atoms with Crippen molar-refractivity contribution in [3.8, 4) is 0 Å². The Labute approximate surface area is 125 Å². The number of carbonyl (C=O) groups is 1. The maximum atomic E-state index is 12.1. The van der Waals surface area contributed by atoms with Crippen LogP contribution in [0.4, 0.5) is 0 Å². The van der Waals surface area contributed by atoms with Crippen molar-refractivity contribution in [2.45, 2.75) is 24.2 Å². The number of benzene rings is 1. The minimum absolute atomic E-state index is 0.00430. The molecule has 2 rings (SSSR count). The van der Waals surface area contributed by atoms with Gasteiger partial charge in [0.2, 0.25) is 10.0 Å². The summed E-state index contributed by atoms with van der Waals surface area (Å²) in [4.78, 5) is 11.0. The summed E-state index contributed by atoms with van der Waals surface area (Å²) < 4.78 is 27.2. The van der Waals surface area contributed by atoms with Gasteiger partial charge in [-0.05, 0) is 59.5 Å². The number of carboxylic acids is 1. The fourth-order valence-corrected chi connectivity index (χ4v) is 3.55. The second kappa shape index (κ2) is 5.76. The lowest BCUT2D eigenvalue weighted by atomic mass is 9.86. The molecule has 0 aliphatic heterocycles. The number of sulfonamides is 1. The van der Waals surface area contributed by atoms with Crippen LogP contribution in [-0.4, -0.2) is 26.0 Å². The zero-order valence-electron chi connectivity index (χ0n) is 10.1. The summed E-state index contributed by atoms with van der Waals surface area (Å²) in [5, 5.41) is 9.00. The van der Waals surface area contributed by atoms with E-state index in [1.165, 1.54) is 18.2 Å². The van der Waals surface area contributed by atoms with E-state index in [-0.39, 0.29) is 10.5 Å². The third-order valence-corrected chi connectivity index (χ3v) is 5.63. The molecule has 1 saturated carbocycles. The minimum Gasteiger partial charge on any atom is -0.478 e. The Balaban J connectivity index is 2.19. The van der Waals surface area contributed by atoms with Crippen molar-refractivity contribution >= 4 is 38.6 Å². The molecule has 1 aliphatic rings. The molecular formula is C12H14INO4S. The van der Waals surface area contributed by atoms with Gasteiger partial charge in [-0.2, -0.15) is 0 Å². The van der Waals surface area contributed by atoms with E-state index < -0.39 is 16.0 Å². The molecule has 7 heteroatoms. The van der Waals surface area contributed by atoms with Gasteiger partial charge in [-0.15, -0.1) is 0 Å². The lowest BCUT2D eigenvalue weighted by Gasteiger charge is -2.25. The number of aromatic carboxylic acids is 1. The summed E-state index contributed by atoms with van der Waals surface area (Å²) in [6.45, 7) is 0.427. The predicted molar refractivity (Wildman–Crippen MR) is 78.6 cm³/mol. The molecule has 1 aliphatic carbocycles. The van der Waals surface area contributed by atoms with Crippen LogP contribution in [0.5, 0.6) is 0 Å². The molecule has 0 unspecified atom stereocenters. The Morgan fingerprint density at radius 2 is 2.11 bits per heavy atom. The highest BCUT2D eigenvalue weighted by atomic mass is 127. The van der Waals surface area contributed by atoms with Crippen molar-refractivity contribution in [2.75, 3.05) is 6.54 Å². The van der Waals surface area contributed by atoms with Gasteiger partial charge in [0, 0.05) is 10.1 Å². The fraction of sp³-hybridized carbons (Fsp3) is 0.417. The van der Waals surface area contributed by atoms with Crippen molar-refractivity contribution in [3.63, 3.8) is 0 Å². The van der Waals surface area contributed by atoms with Gasteiger partial charge in [-0.1, -0.05) is 6.42 Å². The van der Waals surface area contributed by atoms with Crippen molar-refractivity contribution in [1.29, 1.82) is 0 Å². The molecule has 0 bridgehead atoms. The maximum absolute atomic E-state index is 12.1. The summed E-state index contributed by atoms with van der Waals surface area (Å²) in [6, 6.07) is 4.13. The molecule has 0 spiro atoms. The molecule has 104 valence electrons. The smallest absolute Gasteiger partial charge is 0.336 e. The van der Waals surface area contributed by atoms with E-state index in [0.717, 1.165) is 19.3 Å². The number of hydrogen-bond acceptors (Lipinski definition) is 3. The first-order valence-electron chi connectivity index (χ1n) is 5.92. The van der Waals surface area contributed by atoms with Crippen LogP contribution >= 0.6 is 22.6 Å². The van der Waals surface area contributed by atoms with Gasteiger partial charge < -0.3 is 5.11 Å². The van der Waals surface area contributed by atoms with Crippen molar-refractivity contribution in [1.82, 2.24) is 4.72 Å². The molecule has 0 aromatic heterocycles. The van der Waals surface area contributed by atoms with E-state index in [4.69, 9.17) is 5.11 Å². The molecule has 0 amide bonds. The molecular weight excluding hydrogens is 381 g/mol. The number of nitrogens with one attached hydrogen (secondary N) is 1. The first kappa shape index (κ1) is 14.7. The lowest BCUT2D eigenvalue weighted by molar-refractivity contribution is 0.0695. The number of halogens is 1. The summed E-state index contributed by atoms with van der Waals surface area (Å²) in [7, 11) is -3.62. The normalized spacial score (nSPS) is 16.1. The van der Waals surface area contributed by atoms with Crippen molar-refractivity contribution in [2.24, 2.45) is 5.92 Å². The minimum atomic E-state index is -3.62. The summed E-state index contributed by atoms with van der Waals surface area (Å²) in [5.41, 5.74) is 0.00659. The molecule has 1 aromatic rings. The Kier molecular flexibility index (Phi) is 4.46. The zero-order chi connectivity index (χ0) is 14.0. The van der Waals surface area contributed by atoms with Crippen LogP contribution < -0.4 is 4.72 Å². The average Bonchev–Trinajstić information content (AvgIpc) is 2.26. The van der Waals surface area contributed by atoms with Gasteiger partial charge in [0.1, 0.15) is 0 Å². The molecule has 0 atom stereocenters. The van der Waals surface area contributed by atoms with Crippen LogP contribution in [0.25, 0.3) is 0 Å². The third kappa shape index (κ3) is 3.46. The van der Waals surface area contributed by atoms with Crippen molar-refractivity contribution < 1.29 is 18.3 Å².